The molecular weight excluding hydrogens is 280 g/mol. The maximum Gasteiger partial charge on any atom is 0.222 e. The predicted octanol–water partition coefficient (Wildman–Crippen LogP) is -0.0484. The van der Waals surface area contributed by atoms with Gasteiger partial charge in [-0.25, -0.2) is 8.42 Å². The Labute approximate surface area is 119 Å². The molecule has 0 radical (unpaired) electrons. The molecule has 0 aromatic heterocycles. The number of ether oxygens (including phenoxy) is 1. The van der Waals surface area contributed by atoms with Crippen molar-refractivity contribution < 1.29 is 17.9 Å². The van der Waals surface area contributed by atoms with E-state index in [9.17, 15) is 13.2 Å². The van der Waals surface area contributed by atoms with Crippen LogP contribution in [0.5, 0.6) is 0 Å². The summed E-state index contributed by atoms with van der Waals surface area (Å²) in [5, 5.41) is 2.94. The second-order valence-corrected chi connectivity index (χ2v) is 8.31. The Morgan fingerprint density at radius 2 is 2.10 bits per heavy atom. The molecule has 6 nitrogen and oxygen atoms in total. The summed E-state index contributed by atoms with van der Waals surface area (Å²) in [6.07, 6.45) is 4.79. The molecule has 0 aromatic carbocycles. The van der Waals surface area contributed by atoms with Crippen molar-refractivity contribution in [2.24, 2.45) is 11.8 Å². The standard InChI is InChI=1S/C13H22N2O4S/c1-20(17,18)15-7-10-4-11(19-12(10)8-15)5-13(16)14-6-9-2-3-9/h9-12H,2-8H2,1H3,(H,14,16)/t10-,11-,12+/m0/s1. The molecule has 3 fully saturated rings. The van der Waals surface area contributed by atoms with Crippen LogP contribution in [0.2, 0.25) is 0 Å². The first-order valence-corrected chi connectivity index (χ1v) is 9.14. The van der Waals surface area contributed by atoms with Gasteiger partial charge in [0.2, 0.25) is 15.9 Å². The van der Waals surface area contributed by atoms with Crippen LogP contribution in [-0.4, -0.2) is 56.7 Å². The number of fused-ring (bicyclic) bond motifs is 1. The van der Waals surface area contributed by atoms with Gasteiger partial charge >= 0.3 is 0 Å². The lowest BCUT2D eigenvalue weighted by atomic mass is 10.0. The molecule has 7 heteroatoms. The molecule has 0 spiro atoms. The van der Waals surface area contributed by atoms with E-state index in [-0.39, 0.29) is 24.0 Å². The number of carbonyl (C=O) groups is 1. The van der Waals surface area contributed by atoms with Gasteiger partial charge in [0.25, 0.3) is 0 Å². The van der Waals surface area contributed by atoms with E-state index in [1.54, 1.807) is 0 Å². The van der Waals surface area contributed by atoms with Crippen LogP contribution < -0.4 is 5.32 Å². The fourth-order valence-corrected chi connectivity index (χ4v) is 3.97. The average molecular weight is 302 g/mol. The molecular formula is C13H22N2O4S. The van der Waals surface area contributed by atoms with Crippen LogP contribution in [0.15, 0.2) is 0 Å². The van der Waals surface area contributed by atoms with Crippen LogP contribution in [0.1, 0.15) is 25.7 Å². The van der Waals surface area contributed by atoms with Gasteiger partial charge in [-0.15, -0.1) is 0 Å². The van der Waals surface area contributed by atoms with Crippen molar-refractivity contribution in [2.45, 2.75) is 37.9 Å². The van der Waals surface area contributed by atoms with Crippen LogP contribution in [0.4, 0.5) is 0 Å². The molecule has 1 aliphatic carbocycles. The van der Waals surface area contributed by atoms with Crippen molar-refractivity contribution in [1.29, 1.82) is 0 Å². The molecule has 2 heterocycles. The quantitative estimate of drug-likeness (QED) is 0.773. The van der Waals surface area contributed by atoms with Crippen LogP contribution in [0, 0.1) is 11.8 Å². The van der Waals surface area contributed by atoms with Gasteiger partial charge in [0.1, 0.15) is 0 Å². The summed E-state index contributed by atoms with van der Waals surface area (Å²) in [4.78, 5) is 11.8. The maximum absolute atomic E-state index is 11.8. The Kier molecular flexibility index (Phi) is 3.77. The van der Waals surface area contributed by atoms with Crippen molar-refractivity contribution in [3.05, 3.63) is 0 Å². The van der Waals surface area contributed by atoms with Crippen LogP contribution in [-0.2, 0) is 19.6 Å². The zero-order valence-electron chi connectivity index (χ0n) is 11.7. The Hall–Kier alpha value is -0.660. The van der Waals surface area contributed by atoms with E-state index < -0.39 is 10.0 Å². The van der Waals surface area contributed by atoms with Crippen molar-refractivity contribution in [2.75, 3.05) is 25.9 Å². The van der Waals surface area contributed by atoms with Gasteiger partial charge in [-0.05, 0) is 25.2 Å². The molecule has 1 amide bonds. The topological polar surface area (TPSA) is 75.7 Å². The number of nitrogens with zero attached hydrogens (tertiary/aromatic N) is 1. The monoisotopic (exact) mass is 302 g/mol. The number of rotatable bonds is 5. The summed E-state index contributed by atoms with van der Waals surface area (Å²) < 4.78 is 30.3. The van der Waals surface area contributed by atoms with Crippen LogP contribution >= 0.6 is 0 Å². The first kappa shape index (κ1) is 14.3. The first-order chi connectivity index (χ1) is 9.41. The van der Waals surface area contributed by atoms with Gasteiger partial charge in [0.15, 0.2) is 0 Å². The third-order valence-electron chi connectivity index (χ3n) is 4.45. The molecule has 20 heavy (non-hydrogen) atoms. The molecule has 114 valence electrons. The zero-order chi connectivity index (χ0) is 14.3. The van der Waals surface area contributed by atoms with E-state index in [1.165, 1.54) is 23.4 Å². The van der Waals surface area contributed by atoms with E-state index in [2.05, 4.69) is 5.32 Å². The van der Waals surface area contributed by atoms with Gasteiger partial charge in [0, 0.05) is 25.6 Å². The third kappa shape index (κ3) is 3.32. The second kappa shape index (κ2) is 5.27. The zero-order valence-corrected chi connectivity index (χ0v) is 12.6. The minimum Gasteiger partial charge on any atom is -0.373 e. The number of amides is 1. The van der Waals surface area contributed by atoms with Crippen molar-refractivity contribution >= 4 is 15.9 Å². The summed E-state index contributed by atoms with van der Waals surface area (Å²) in [5.41, 5.74) is 0. The smallest absolute Gasteiger partial charge is 0.222 e. The highest BCUT2D eigenvalue weighted by molar-refractivity contribution is 7.88. The fraction of sp³-hybridized carbons (Fsp3) is 0.923. The molecule has 1 N–H and O–H groups in total. The lowest BCUT2D eigenvalue weighted by Crippen LogP contribution is -2.32. The van der Waals surface area contributed by atoms with Crippen molar-refractivity contribution in [1.82, 2.24) is 9.62 Å². The predicted molar refractivity (Wildman–Crippen MR) is 73.5 cm³/mol. The van der Waals surface area contributed by atoms with E-state index >= 15 is 0 Å². The van der Waals surface area contributed by atoms with Gasteiger partial charge in [-0.3, -0.25) is 4.79 Å². The maximum atomic E-state index is 11.8. The minimum absolute atomic E-state index is 0.0362. The summed E-state index contributed by atoms with van der Waals surface area (Å²) in [7, 11) is -3.12. The van der Waals surface area contributed by atoms with Crippen molar-refractivity contribution in [3.8, 4) is 0 Å². The number of nitrogens with one attached hydrogen (secondary N) is 1. The molecule has 0 aromatic rings. The molecule has 1 saturated carbocycles. The van der Waals surface area contributed by atoms with Gasteiger partial charge < -0.3 is 10.1 Å². The number of sulfonamides is 1. The lowest BCUT2D eigenvalue weighted by molar-refractivity contribution is -0.123. The van der Waals surface area contributed by atoms with Gasteiger partial charge in [-0.1, -0.05) is 0 Å². The lowest BCUT2D eigenvalue weighted by Gasteiger charge is -2.17. The van der Waals surface area contributed by atoms with Crippen molar-refractivity contribution in [3.63, 3.8) is 0 Å². The summed E-state index contributed by atoms with van der Waals surface area (Å²) in [6.45, 7) is 1.76. The molecule has 0 unspecified atom stereocenters. The van der Waals surface area contributed by atoms with E-state index in [0.29, 0.717) is 25.4 Å². The molecule has 3 atom stereocenters. The molecule has 2 saturated heterocycles. The highest BCUT2D eigenvalue weighted by Crippen LogP contribution is 2.35. The Balaban J connectivity index is 1.44. The Bertz CT molecular complexity index is 475. The highest BCUT2D eigenvalue weighted by atomic mass is 32.2. The Morgan fingerprint density at radius 1 is 1.35 bits per heavy atom. The van der Waals surface area contributed by atoms with E-state index in [1.807, 2.05) is 0 Å². The normalized spacial score (nSPS) is 34.1. The largest absolute Gasteiger partial charge is 0.373 e. The summed E-state index contributed by atoms with van der Waals surface area (Å²) in [5.74, 6) is 0.985. The third-order valence-corrected chi connectivity index (χ3v) is 5.68. The van der Waals surface area contributed by atoms with E-state index in [0.717, 1.165) is 13.0 Å². The number of hydrogen-bond donors (Lipinski definition) is 1. The highest BCUT2D eigenvalue weighted by Gasteiger charge is 2.44. The number of hydrogen-bond acceptors (Lipinski definition) is 4. The fourth-order valence-electron chi connectivity index (χ4n) is 3.09. The van der Waals surface area contributed by atoms with Gasteiger partial charge in [0.05, 0.1) is 24.9 Å². The molecule has 2 aliphatic heterocycles. The van der Waals surface area contributed by atoms with Gasteiger partial charge in [-0.2, -0.15) is 4.31 Å². The summed E-state index contributed by atoms with van der Waals surface area (Å²) >= 11 is 0. The molecule has 3 aliphatic rings. The number of carbonyl (C=O) groups excluding carboxylic acids is 1. The van der Waals surface area contributed by atoms with Crippen LogP contribution in [0.3, 0.4) is 0 Å². The average Bonchev–Trinajstić information content (AvgIpc) is 2.96. The second-order valence-electron chi connectivity index (χ2n) is 6.32. The summed E-state index contributed by atoms with van der Waals surface area (Å²) in [6, 6.07) is 0. The Morgan fingerprint density at radius 3 is 2.70 bits per heavy atom. The molecule has 3 rings (SSSR count). The van der Waals surface area contributed by atoms with Crippen LogP contribution in [0.25, 0.3) is 0 Å². The van der Waals surface area contributed by atoms with E-state index in [4.69, 9.17) is 4.74 Å². The minimum atomic E-state index is -3.12. The SMILES string of the molecule is CS(=O)(=O)N1C[C@@H]2C[C@@H](CC(=O)NCC3CC3)O[C@@H]2C1. The first-order valence-electron chi connectivity index (χ1n) is 7.29. The molecule has 0 bridgehead atoms.